The van der Waals surface area contributed by atoms with Gasteiger partial charge in [0.25, 0.3) is 0 Å². The van der Waals surface area contributed by atoms with Crippen molar-refractivity contribution in [2.75, 3.05) is 26.7 Å². The maximum atomic E-state index is 12.3. The van der Waals surface area contributed by atoms with Crippen LogP contribution in [0, 0.1) is 0 Å². The van der Waals surface area contributed by atoms with Crippen LogP contribution < -0.4 is 9.47 Å². The van der Waals surface area contributed by atoms with Crippen LogP contribution >= 0.6 is 23.5 Å². The van der Waals surface area contributed by atoms with E-state index in [-0.39, 0.29) is 11.6 Å². The third kappa shape index (κ3) is 9.06. The van der Waals surface area contributed by atoms with Gasteiger partial charge in [0.1, 0.15) is 11.5 Å². The van der Waals surface area contributed by atoms with Crippen molar-refractivity contribution in [3.63, 3.8) is 0 Å². The van der Waals surface area contributed by atoms with Gasteiger partial charge in [0.15, 0.2) is 11.6 Å². The SMILES string of the molecule is COc1ccc2cc(/C=C/C(=O)c3ccc(SC)cc3)ccc2c1.COc1ccc2cc(/C=C/C(=O)c3ccc(SC)cc3)ccc2c1. The molecule has 0 spiro atoms. The molecule has 0 aromatic heterocycles. The number of methoxy groups -OCH3 is 2. The summed E-state index contributed by atoms with van der Waals surface area (Å²) in [5.41, 5.74) is 3.41. The van der Waals surface area contributed by atoms with Crippen LogP contribution in [-0.2, 0) is 0 Å². The van der Waals surface area contributed by atoms with Gasteiger partial charge >= 0.3 is 0 Å². The first-order valence-corrected chi connectivity index (χ1v) is 17.7. The molecular formula is C42H36O4S2. The van der Waals surface area contributed by atoms with E-state index in [4.69, 9.17) is 9.47 Å². The van der Waals surface area contributed by atoms with Crippen LogP contribution in [0.1, 0.15) is 31.8 Å². The molecule has 0 saturated carbocycles. The first kappa shape index (κ1) is 34.3. The zero-order chi connectivity index (χ0) is 33.9. The van der Waals surface area contributed by atoms with Gasteiger partial charge in [0, 0.05) is 20.9 Å². The predicted octanol–water partition coefficient (Wildman–Crippen LogP) is 10.9. The second kappa shape index (κ2) is 16.7. The molecule has 0 atom stereocenters. The number of allylic oxidation sites excluding steroid dienone is 2. The van der Waals surface area contributed by atoms with Gasteiger partial charge in [-0.05, 0) is 142 Å². The molecule has 240 valence electrons. The third-order valence-electron chi connectivity index (χ3n) is 7.75. The standard InChI is InChI=1S/2C21H18O2S/c2*1-23-19-9-6-17-13-15(3-5-18(17)14-19)4-12-21(22)16-7-10-20(24-2)11-8-16/h2*3-14H,1-2H3/b2*12-4+. The quantitative estimate of drug-likeness (QED) is 0.0823. The first-order valence-electron chi connectivity index (χ1n) is 15.3. The molecule has 0 aliphatic heterocycles. The Morgan fingerprint density at radius 1 is 0.479 bits per heavy atom. The summed E-state index contributed by atoms with van der Waals surface area (Å²) in [4.78, 5) is 26.8. The maximum Gasteiger partial charge on any atom is 0.185 e. The number of thioether (sulfide) groups is 2. The number of carbonyl (C=O) groups is 2. The second-order valence-electron chi connectivity index (χ2n) is 10.8. The number of fused-ring (bicyclic) bond motifs is 2. The van der Waals surface area contributed by atoms with E-state index in [0.717, 1.165) is 54.0 Å². The van der Waals surface area contributed by atoms with Crippen molar-refractivity contribution in [3.05, 3.63) is 156 Å². The van der Waals surface area contributed by atoms with Gasteiger partial charge in [-0.25, -0.2) is 0 Å². The summed E-state index contributed by atoms with van der Waals surface area (Å²) in [6.07, 6.45) is 11.0. The van der Waals surface area contributed by atoms with Gasteiger partial charge in [-0.15, -0.1) is 23.5 Å². The summed E-state index contributed by atoms with van der Waals surface area (Å²) < 4.78 is 10.5. The minimum Gasteiger partial charge on any atom is -0.497 e. The van der Waals surface area contributed by atoms with Crippen LogP contribution in [0.2, 0.25) is 0 Å². The number of benzene rings is 6. The Kier molecular flexibility index (Phi) is 11.9. The summed E-state index contributed by atoms with van der Waals surface area (Å²) in [5, 5.41) is 4.47. The topological polar surface area (TPSA) is 52.6 Å². The molecular weight excluding hydrogens is 633 g/mol. The zero-order valence-corrected chi connectivity index (χ0v) is 28.9. The Morgan fingerprint density at radius 3 is 1.19 bits per heavy atom. The number of hydrogen-bond acceptors (Lipinski definition) is 6. The van der Waals surface area contributed by atoms with E-state index in [0.29, 0.717) is 11.1 Å². The Labute approximate surface area is 290 Å². The highest BCUT2D eigenvalue weighted by molar-refractivity contribution is 7.98. The largest absolute Gasteiger partial charge is 0.497 e. The van der Waals surface area contributed by atoms with Gasteiger partial charge in [0.2, 0.25) is 0 Å². The predicted molar refractivity (Wildman–Crippen MR) is 204 cm³/mol. The molecule has 0 amide bonds. The second-order valence-corrected chi connectivity index (χ2v) is 12.6. The van der Waals surface area contributed by atoms with Crippen molar-refractivity contribution in [3.8, 4) is 11.5 Å². The van der Waals surface area contributed by atoms with E-state index in [2.05, 4.69) is 12.1 Å². The molecule has 0 N–H and O–H groups in total. The average Bonchev–Trinajstić information content (AvgIpc) is 3.15. The molecule has 0 radical (unpaired) electrons. The first-order chi connectivity index (χ1) is 23.4. The van der Waals surface area contributed by atoms with Crippen LogP contribution in [-0.4, -0.2) is 38.3 Å². The summed E-state index contributed by atoms with van der Waals surface area (Å²) in [6.45, 7) is 0. The normalized spacial score (nSPS) is 11.1. The van der Waals surface area contributed by atoms with Crippen molar-refractivity contribution in [2.24, 2.45) is 0 Å². The van der Waals surface area contributed by atoms with Crippen LogP contribution in [0.15, 0.2) is 143 Å². The summed E-state index contributed by atoms with van der Waals surface area (Å²) in [7, 11) is 3.32. The Bertz CT molecular complexity index is 1940. The molecule has 6 aromatic rings. The fraction of sp³-hybridized carbons (Fsp3) is 0.0952. The van der Waals surface area contributed by atoms with E-state index in [9.17, 15) is 9.59 Å². The number of carbonyl (C=O) groups excluding carboxylic acids is 2. The molecule has 0 aliphatic carbocycles. The molecule has 6 heteroatoms. The third-order valence-corrected chi connectivity index (χ3v) is 9.23. The van der Waals surface area contributed by atoms with Crippen LogP contribution in [0.5, 0.6) is 11.5 Å². The molecule has 0 saturated heterocycles. The minimum atomic E-state index is 0.0116. The van der Waals surface area contributed by atoms with Crippen LogP contribution in [0.3, 0.4) is 0 Å². The van der Waals surface area contributed by atoms with Gasteiger partial charge < -0.3 is 9.47 Å². The van der Waals surface area contributed by atoms with Crippen LogP contribution in [0.25, 0.3) is 33.7 Å². The van der Waals surface area contributed by atoms with Gasteiger partial charge in [-0.1, -0.05) is 48.6 Å². The highest BCUT2D eigenvalue weighted by Crippen LogP contribution is 2.24. The lowest BCUT2D eigenvalue weighted by molar-refractivity contribution is 0.103. The molecule has 4 nitrogen and oxygen atoms in total. The van der Waals surface area contributed by atoms with E-state index < -0.39 is 0 Å². The zero-order valence-electron chi connectivity index (χ0n) is 27.3. The van der Waals surface area contributed by atoms with E-state index in [1.54, 1.807) is 49.9 Å². The van der Waals surface area contributed by atoms with Gasteiger partial charge in [-0.2, -0.15) is 0 Å². The van der Waals surface area contributed by atoms with Crippen molar-refractivity contribution < 1.29 is 19.1 Å². The Hall–Kier alpha value is -5.04. The maximum absolute atomic E-state index is 12.3. The number of ether oxygens (including phenoxy) is 2. The number of hydrogen-bond donors (Lipinski definition) is 0. The van der Waals surface area contributed by atoms with Crippen LogP contribution in [0.4, 0.5) is 0 Å². The van der Waals surface area contributed by atoms with Crippen molar-refractivity contribution in [2.45, 2.75) is 9.79 Å². The summed E-state index contributed by atoms with van der Waals surface area (Å²) in [5.74, 6) is 1.71. The van der Waals surface area contributed by atoms with Gasteiger partial charge in [0.05, 0.1) is 14.2 Å². The summed E-state index contributed by atoms with van der Waals surface area (Å²) in [6, 6.07) is 39.5. The van der Waals surface area contributed by atoms with E-state index in [1.807, 2.05) is 134 Å². The lowest BCUT2D eigenvalue weighted by atomic mass is 10.1. The molecule has 6 aromatic carbocycles. The average molecular weight is 669 g/mol. The molecule has 0 fully saturated rings. The van der Waals surface area contributed by atoms with Crippen molar-refractivity contribution in [1.29, 1.82) is 0 Å². The molecule has 0 bridgehead atoms. The monoisotopic (exact) mass is 668 g/mol. The fourth-order valence-corrected chi connectivity index (χ4v) is 5.81. The molecule has 6 rings (SSSR count). The number of rotatable bonds is 10. The fourth-order valence-electron chi connectivity index (χ4n) is 4.99. The van der Waals surface area contributed by atoms with Gasteiger partial charge in [-0.3, -0.25) is 9.59 Å². The van der Waals surface area contributed by atoms with E-state index in [1.165, 1.54) is 0 Å². The smallest absolute Gasteiger partial charge is 0.185 e. The van der Waals surface area contributed by atoms with Crippen molar-refractivity contribution >= 4 is 68.8 Å². The van der Waals surface area contributed by atoms with E-state index >= 15 is 0 Å². The highest BCUT2D eigenvalue weighted by Gasteiger charge is 2.04. The molecule has 0 unspecified atom stereocenters. The minimum absolute atomic E-state index is 0.0116. The molecule has 0 aliphatic rings. The lowest BCUT2D eigenvalue weighted by Crippen LogP contribution is -1.93. The number of ketones is 2. The lowest BCUT2D eigenvalue weighted by Gasteiger charge is -2.03. The van der Waals surface area contributed by atoms with Crippen molar-refractivity contribution in [1.82, 2.24) is 0 Å². The highest BCUT2D eigenvalue weighted by atomic mass is 32.2. The Balaban J connectivity index is 0.000000188. The Morgan fingerprint density at radius 2 is 0.833 bits per heavy atom. The molecule has 48 heavy (non-hydrogen) atoms. The summed E-state index contributed by atoms with van der Waals surface area (Å²) >= 11 is 3.33. The molecule has 0 heterocycles.